The Labute approximate surface area is 101 Å². The van der Waals surface area contributed by atoms with E-state index in [4.69, 9.17) is 17.3 Å². The average molecular weight is 250 g/mol. The predicted octanol–water partition coefficient (Wildman–Crippen LogP) is -0.132. The van der Waals surface area contributed by atoms with Crippen molar-refractivity contribution in [2.24, 2.45) is 5.84 Å². The first-order valence-electron chi connectivity index (χ1n) is 4.54. The van der Waals surface area contributed by atoms with Gasteiger partial charge in [0.25, 0.3) is 0 Å². The number of rotatable bonds is 3. The third kappa shape index (κ3) is 2.92. The van der Waals surface area contributed by atoms with Gasteiger partial charge in [-0.1, -0.05) is 0 Å². The lowest BCUT2D eigenvalue weighted by Gasteiger charge is -2.03. The Morgan fingerprint density at radius 3 is 2.41 bits per heavy atom. The van der Waals surface area contributed by atoms with Gasteiger partial charge in [-0.05, 0) is 11.8 Å². The number of hydrazine groups is 1. The molecule has 0 atom stereocenters. The van der Waals surface area contributed by atoms with Gasteiger partial charge in [-0.15, -0.1) is 0 Å². The summed E-state index contributed by atoms with van der Waals surface area (Å²) in [5.74, 6) is 6.29. The van der Waals surface area contributed by atoms with Gasteiger partial charge in [-0.25, -0.2) is 20.8 Å². The largest absolute Gasteiger partial charge is 0.383 e. The maximum Gasteiger partial charge on any atom is 0.197 e. The molecule has 0 saturated carbocycles. The smallest absolute Gasteiger partial charge is 0.197 e. The van der Waals surface area contributed by atoms with E-state index in [0.717, 1.165) is 0 Å². The van der Waals surface area contributed by atoms with E-state index in [9.17, 15) is 0 Å². The lowest BCUT2D eigenvalue weighted by Crippen LogP contribution is -2.09. The number of hydrogen-bond donors (Lipinski definition) is 4. The summed E-state index contributed by atoms with van der Waals surface area (Å²) in [5, 5.41) is 0.997. The van der Waals surface area contributed by atoms with Crippen molar-refractivity contribution < 1.29 is 0 Å². The summed E-state index contributed by atoms with van der Waals surface area (Å²) < 4.78 is 0. The first-order valence-corrected chi connectivity index (χ1v) is 5.35. The minimum atomic E-state index is 0.307. The number of nitrogens with zero attached hydrogens (tertiary/aromatic N) is 4. The van der Waals surface area contributed by atoms with E-state index in [-0.39, 0.29) is 0 Å². The summed E-state index contributed by atoms with van der Waals surface area (Å²) in [7, 11) is 0. The van der Waals surface area contributed by atoms with Gasteiger partial charge >= 0.3 is 0 Å². The summed E-state index contributed by atoms with van der Waals surface area (Å²) in [6.07, 6.45) is 3.06. The minimum Gasteiger partial charge on any atom is -0.383 e. The van der Waals surface area contributed by atoms with Crippen molar-refractivity contribution in [2.75, 3.05) is 16.9 Å². The van der Waals surface area contributed by atoms with Crippen LogP contribution < -0.4 is 22.7 Å². The highest BCUT2D eigenvalue weighted by molar-refractivity contribution is 7.99. The van der Waals surface area contributed by atoms with Crippen molar-refractivity contribution in [3.8, 4) is 0 Å². The van der Waals surface area contributed by atoms with Crippen LogP contribution in [-0.2, 0) is 0 Å². The molecule has 0 aliphatic carbocycles. The zero-order valence-corrected chi connectivity index (χ0v) is 9.48. The summed E-state index contributed by atoms with van der Waals surface area (Å²) in [6.45, 7) is 0. The Kier molecular flexibility index (Phi) is 3.21. The molecule has 0 fully saturated rings. The summed E-state index contributed by atoms with van der Waals surface area (Å²) in [5.41, 5.74) is 13.5. The molecule has 7 N–H and O–H groups in total. The molecule has 0 aliphatic heterocycles. The summed E-state index contributed by atoms with van der Waals surface area (Å²) in [6, 6.07) is 1.48. The van der Waals surface area contributed by atoms with Crippen LogP contribution in [0.1, 0.15) is 0 Å². The van der Waals surface area contributed by atoms with Crippen LogP contribution in [0, 0.1) is 0 Å². The maximum atomic E-state index is 5.56. The van der Waals surface area contributed by atoms with Crippen LogP contribution in [0.4, 0.5) is 17.5 Å². The Morgan fingerprint density at radius 2 is 1.76 bits per heavy atom. The molecule has 2 rings (SSSR count). The number of hydrogen-bond acceptors (Lipinski definition) is 9. The van der Waals surface area contributed by atoms with Crippen LogP contribution in [0.25, 0.3) is 0 Å². The van der Waals surface area contributed by atoms with E-state index in [0.29, 0.717) is 27.6 Å². The lowest BCUT2D eigenvalue weighted by molar-refractivity contribution is 0.969. The van der Waals surface area contributed by atoms with Gasteiger partial charge in [-0.3, -0.25) is 4.98 Å². The third-order valence-electron chi connectivity index (χ3n) is 1.70. The van der Waals surface area contributed by atoms with Crippen LogP contribution in [0.15, 0.2) is 28.6 Å². The standard InChI is InChI=1S/C8H10N8S/c9-4-1-5(10)14-8(13-4)17-7-3-12-2-6(15-7)16-11/h1-3H,11H2,(H,15,16)(H4,9,10,13,14). The van der Waals surface area contributed by atoms with Crippen LogP contribution in [0.2, 0.25) is 0 Å². The van der Waals surface area contributed by atoms with Gasteiger partial charge in [-0.2, -0.15) is 0 Å². The molecule has 8 nitrogen and oxygen atoms in total. The Hall–Kier alpha value is -2.13. The first-order chi connectivity index (χ1) is 8.17. The zero-order chi connectivity index (χ0) is 12.3. The van der Waals surface area contributed by atoms with Crippen molar-refractivity contribution in [2.45, 2.75) is 10.2 Å². The monoisotopic (exact) mass is 250 g/mol. The van der Waals surface area contributed by atoms with Gasteiger partial charge in [0.15, 0.2) is 11.0 Å². The maximum absolute atomic E-state index is 5.56. The highest BCUT2D eigenvalue weighted by atomic mass is 32.2. The average Bonchev–Trinajstić information content (AvgIpc) is 2.28. The van der Waals surface area contributed by atoms with E-state index in [1.165, 1.54) is 24.0 Å². The Bertz CT molecular complexity index is 510. The van der Waals surface area contributed by atoms with Crippen molar-refractivity contribution in [1.82, 2.24) is 19.9 Å². The summed E-state index contributed by atoms with van der Waals surface area (Å²) in [4.78, 5) is 16.1. The fourth-order valence-electron chi connectivity index (χ4n) is 1.07. The molecule has 2 heterocycles. The normalized spacial score (nSPS) is 10.2. The summed E-state index contributed by atoms with van der Waals surface area (Å²) >= 11 is 1.19. The third-order valence-corrected chi connectivity index (χ3v) is 2.47. The highest BCUT2D eigenvalue weighted by Gasteiger charge is 2.05. The van der Waals surface area contributed by atoms with Crippen LogP contribution in [-0.4, -0.2) is 19.9 Å². The molecule has 0 unspecified atom stereocenters. The van der Waals surface area contributed by atoms with Gasteiger partial charge < -0.3 is 16.9 Å². The van der Waals surface area contributed by atoms with Crippen molar-refractivity contribution in [3.05, 3.63) is 18.5 Å². The van der Waals surface area contributed by atoms with E-state index in [1.54, 1.807) is 6.20 Å². The molecule has 0 aliphatic rings. The minimum absolute atomic E-state index is 0.307. The molecule has 0 amide bonds. The number of nitrogens with one attached hydrogen (secondary N) is 1. The number of nitrogen functional groups attached to an aromatic ring is 3. The van der Waals surface area contributed by atoms with E-state index in [2.05, 4.69) is 25.4 Å². The molecule has 0 radical (unpaired) electrons. The second-order valence-electron chi connectivity index (χ2n) is 2.99. The molecule has 2 aromatic rings. The van der Waals surface area contributed by atoms with E-state index >= 15 is 0 Å². The molecule has 0 spiro atoms. The topological polar surface area (TPSA) is 142 Å². The SMILES string of the molecule is NNc1cncc(Sc2nc(N)cc(N)n2)n1. The lowest BCUT2D eigenvalue weighted by atomic mass is 10.5. The van der Waals surface area contributed by atoms with E-state index < -0.39 is 0 Å². The fourth-order valence-corrected chi connectivity index (χ4v) is 1.81. The molecule has 0 aromatic carbocycles. The Balaban J connectivity index is 2.24. The number of nitrogens with two attached hydrogens (primary N) is 3. The van der Waals surface area contributed by atoms with Crippen LogP contribution >= 0.6 is 11.8 Å². The van der Waals surface area contributed by atoms with Crippen molar-refractivity contribution in [3.63, 3.8) is 0 Å². The van der Waals surface area contributed by atoms with Gasteiger partial charge in [0, 0.05) is 6.07 Å². The molecule has 9 heteroatoms. The second kappa shape index (κ2) is 4.80. The van der Waals surface area contributed by atoms with Crippen molar-refractivity contribution >= 4 is 29.2 Å². The molecule has 0 saturated heterocycles. The van der Waals surface area contributed by atoms with Crippen LogP contribution in [0.3, 0.4) is 0 Å². The van der Waals surface area contributed by atoms with Gasteiger partial charge in [0.05, 0.1) is 12.4 Å². The molecule has 17 heavy (non-hydrogen) atoms. The van der Waals surface area contributed by atoms with Crippen molar-refractivity contribution in [1.29, 1.82) is 0 Å². The second-order valence-corrected chi connectivity index (χ2v) is 3.98. The molecule has 2 aromatic heterocycles. The molecular weight excluding hydrogens is 240 g/mol. The quantitative estimate of drug-likeness (QED) is 0.332. The highest BCUT2D eigenvalue weighted by Crippen LogP contribution is 2.24. The van der Waals surface area contributed by atoms with E-state index in [1.807, 2.05) is 0 Å². The number of aromatic nitrogens is 4. The van der Waals surface area contributed by atoms with Crippen LogP contribution in [0.5, 0.6) is 0 Å². The number of anilines is 3. The van der Waals surface area contributed by atoms with Gasteiger partial charge in [0.1, 0.15) is 16.7 Å². The Morgan fingerprint density at radius 1 is 1.06 bits per heavy atom. The zero-order valence-electron chi connectivity index (χ0n) is 8.66. The first kappa shape index (κ1) is 11.4. The molecule has 88 valence electrons. The predicted molar refractivity (Wildman–Crippen MR) is 64.8 cm³/mol. The van der Waals surface area contributed by atoms with Gasteiger partial charge in [0.2, 0.25) is 0 Å². The fraction of sp³-hybridized carbons (Fsp3) is 0. The molecular formula is C8H10N8S. The molecule has 0 bridgehead atoms.